The molecule has 13 heavy (non-hydrogen) atoms. The van der Waals surface area contributed by atoms with Crippen molar-refractivity contribution in [1.82, 2.24) is 15.3 Å². The fourth-order valence-corrected chi connectivity index (χ4v) is 1.16. The second-order valence-electron chi connectivity index (χ2n) is 2.69. The van der Waals surface area contributed by atoms with E-state index in [4.69, 9.17) is 6.42 Å². The molecule has 0 bridgehead atoms. The van der Waals surface area contributed by atoms with Gasteiger partial charge in [-0.05, 0) is 6.54 Å². The Morgan fingerprint density at radius 3 is 2.77 bits per heavy atom. The summed E-state index contributed by atoms with van der Waals surface area (Å²) >= 11 is 0. The molecule has 0 radical (unpaired) electrons. The zero-order valence-corrected chi connectivity index (χ0v) is 7.70. The van der Waals surface area contributed by atoms with Crippen molar-refractivity contribution >= 4 is 0 Å². The van der Waals surface area contributed by atoms with Gasteiger partial charge in [-0.2, -0.15) is 0 Å². The van der Waals surface area contributed by atoms with E-state index in [1.54, 1.807) is 12.4 Å². The van der Waals surface area contributed by atoms with Gasteiger partial charge in [0, 0.05) is 30.4 Å². The molecule has 0 saturated carbocycles. The molecule has 0 fully saturated rings. The Labute approximate surface area is 78.6 Å². The van der Waals surface area contributed by atoms with Gasteiger partial charge in [-0.3, -0.25) is 0 Å². The summed E-state index contributed by atoms with van der Waals surface area (Å²) in [6, 6.07) is 0.177. The van der Waals surface area contributed by atoms with Gasteiger partial charge in [-0.15, -0.1) is 12.3 Å². The van der Waals surface area contributed by atoms with Crippen LogP contribution in [0.5, 0.6) is 0 Å². The summed E-state index contributed by atoms with van der Waals surface area (Å²) in [7, 11) is 0. The maximum atomic E-state index is 5.27. The lowest BCUT2D eigenvalue weighted by molar-refractivity contribution is 0.561. The number of nitrogens with zero attached hydrogens (tertiary/aromatic N) is 2. The van der Waals surface area contributed by atoms with E-state index in [2.05, 4.69) is 21.2 Å². The molecule has 0 amide bonds. The molecule has 0 saturated heterocycles. The molecule has 0 spiro atoms. The standard InChI is InChI=1S/C10H13N3/c1-3-5-10(13-4-2)9-6-11-8-12-7-9/h1,6-8,10,13H,4-5H2,2H3. The first kappa shape index (κ1) is 9.69. The summed E-state index contributed by atoms with van der Waals surface area (Å²) in [4.78, 5) is 7.90. The quantitative estimate of drug-likeness (QED) is 0.697. The molecule has 1 aromatic heterocycles. The number of terminal acetylenes is 1. The van der Waals surface area contributed by atoms with Crippen LogP contribution in [0.1, 0.15) is 24.9 Å². The lowest BCUT2D eigenvalue weighted by Gasteiger charge is -2.13. The third-order valence-corrected chi connectivity index (χ3v) is 1.76. The number of rotatable bonds is 4. The van der Waals surface area contributed by atoms with Crippen LogP contribution < -0.4 is 5.32 Å². The SMILES string of the molecule is C#CCC(NCC)c1cncnc1. The van der Waals surface area contributed by atoms with Crippen molar-refractivity contribution in [2.24, 2.45) is 0 Å². The molecular formula is C10H13N3. The second-order valence-corrected chi connectivity index (χ2v) is 2.69. The van der Waals surface area contributed by atoms with Crippen LogP contribution in [0.25, 0.3) is 0 Å². The van der Waals surface area contributed by atoms with Gasteiger partial charge in [0.2, 0.25) is 0 Å². The minimum atomic E-state index is 0.177. The van der Waals surface area contributed by atoms with E-state index in [1.165, 1.54) is 6.33 Å². The minimum Gasteiger partial charge on any atom is -0.309 e. The third-order valence-electron chi connectivity index (χ3n) is 1.76. The molecule has 3 nitrogen and oxygen atoms in total. The molecule has 1 unspecified atom stereocenters. The van der Waals surface area contributed by atoms with Gasteiger partial charge in [-0.25, -0.2) is 9.97 Å². The van der Waals surface area contributed by atoms with E-state index in [1.807, 2.05) is 6.92 Å². The smallest absolute Gasteiger partial charge is 0.115 e. The van der Waals surface area contributed by atoms with Gasteiger partial charge < -0.3 is 5.32 Å². The summed E-state index contributed by atoms with van der Waals surface area (Å²) in [6.07, 6.45) is 11.0. The summed E-state index contributed by atoms with van der Waals surface area (Å²) < 4.78 is 0. The van der Waals surface area contributed by atoms with Gasteiger partial charge in [-0.1, -0.05) is 6.92 Å². The first-order valence-corrected chi connectivity index (χ1v) is 4.30. The monoisotopic (exact) mass is 175 g/mol. The molecule has 1 aromatic rings. The average molecular weight is 175 g/mol. The van der Waals surface area contributed by atoms with Gasteiger partial charge in [0.1, 0.15) is 6.33 Å². The molecule has 68 valence electrons. The normalized spacial score (nSPS) is 12.0. The average Bonchev–Trinajstić information content (AvgIpc) is 2.19. The Bertz CT molecular complexity index is 276. The van der Waals surface area contributed by atoms with E-state index >= 15 is 0 Å². The maximum Gasteiger partial charge on any atom is 0.115 e. The highest BCUT2D eigenvalue weighted by Crippen LogP contribution is 2.12. The molecule has 0 aliphatic heterocycles. The molecule has 1 N–H and O–H groups in total. The Hall–Kier alpha value is -1.40. The first-order valence-electron chi connectivity index (χ1n) is 4.30. The number of nitrogens with one attached hydrogen (secondary N) is 1. The van der Waals surface area contributed by atoms with Crippen LogP contribution in [0.4, 0.5) is 0 Å². The van der Waals surface area contributed by atoms with Crippen molar-refractivity contribution in [3.63, 3.8) is 0 Å². The van der Waals surface area contributed by atoms with Crippen molar-refractivity contribution in [2.45, 2.75) is 19.4 Å². The van der Waals surface area contributed by atoms with Gasteiger partial charge in [0.15, 0.2) is 0 Å². The van der Waals surface area contributed by atoms with Crippen LogP contribution in [-0.4, -0.2) is 16.5 Å². The summed E-state index contributed by atoms with van der Waals surface area (Å²) in [6.45, 7) is 2.94. The molecule has 3 heteroatoms. The Kier molecular flexibility index (Phi) is 3.94. The third kappa shape index (κ3) is 2.85. The second kappa shape index (κ2) is 5.28. The van der Waals surface area contributed by atoms with Crippen LogP contribution in [0.3, 0.4) is 0 Å². The highest BCUT2D eigenvalue weighted by molar-refractivity contribution is 5.12. The topological polar surface area (TPSA) is 37.8 Å². The van der Waals surface area contributed by atoms with E-state index in [-0.39, 0.29) is 6.04 Å². The van der Waals surface area contributed by atoms with Crippen molar-refractivity contribution in [1.29, 1.82) is 0 Å². The lowest BCUT2D eigenvalue weighted by atomic mass is 10.1. The molecule has 1 atom stereocenters. The summed E-state index contributed by atoms with van der Waals surface area (Å²) in [5.41, 5.74) is 1.04. The maximum absolute atomic E-state index is 5.27. The van der Waals surface area contributed by atoms with E-state index < -0.39 is 0 Å². The van der Waals surface area contributed by atoms with E-state index in [0.717, 1.165) is 12.1 Å². The Morgan fingerprint density at radius 1 is 1.54 bits per heavy atom. The molecule has 1 heterocycles. The zero-order chi connectivity index (χ0) is 9.52. The highest BCUT2D eigenvalue weighted by Gasteiger charge is 2.07. The van der Waals surface area contributed by atoms with Crippen LogP contribution in [0.2, 0.25) is 0 Å². The van der Waals surface area contributed by atoms with Crippen molar-refractivity contribution in [2.75, 3.05) is 6.54 Å². The summed E-state index contributed by atoms with van der Waals surface area (Å²) in [5.74, 6) is 2.63. The molecule has 0 aliphatic carbocycles. The Balaban J connectivity index is 2.71. The highest BCUT2D eigenvalue weighted by atomic mass is 14.9. The largest absolute Gasteiger partial charge is 0.309 e. The van der Waals surface area contributed by atoms with Crippen LogP contribution in [0.15, 0.2) is 18.7 Å². The molecule has 0 aromatic carbocycles. The van der Waals surface area contributed by atoms with Crippen LogP contribution >= 0.6 is 0 Å². The predicted octanol–water partition coefficient (Wildman–Crippen LogP) is 1.15. The fraction of sp³-hybridized carbons (Fsp3) is 0.400. The van der Waals surface area contributed by atoms with Crippen molar-refractivity contribution in [3.8, 4) is 12.3 Å². The number of aromatic nitrogens is 2. The lowest BCUT2D eigenvalue weighted by Crippen LogP contribution is -2.20. The number of hydrogen-bond acceptors (Lipinski definition) is 3. The molecule has 0 aliphatic rings. The van der Waals surface area contributed by atoms with E-state index in [0.29, 0.717) is 6.42 Å². The fourth-order valence-electron chi connectivity index (χ4n) is 1.16. The first-order chi connectivity index (χ1) is 6.38. The molecule has 1 rings (SSSR count). The van der Waals surface area contributed by atoms with Gasteiger partial charge >= 0.3 is 0 Å². The predicted molar refractivity (Wildman–Crippen MR) is 51.9 cm³/mol. The van der Waals surface area contributed by atoms with Crippen molar-refractivity contribution in [3.05, 3.63) is 24.3 Å². The van der Waals surface area contributed by atoms with Gasteiger partial charge in [0.05, 0.1) is 0 Å². The van der Waals surface area contributed by atoms with Crippen LogP contribution in [-0.2, 0) is 0 Å². The van der Waals surface area contributed by atoms with Crippen LogP contribution in [0, 0.1) is 12.3 Å². The zero-order valence-electron chi connectivity index (χ0n) is 7.70. The van der Waals surface area contributed by atoms with E-state index in [9.17, 15) is 0 Å². The minimum absolute atomic E-state index is 0.177. The van der Waals surface area contributed by atoms with Crippen molar-refractivity contribution < 1.29 is 0 Å². The Morgan fingerprint density at radius 2 is 2.23 bits per heavy atom. The summed E-state index contributed by atoms with van der Waals surface area (Å²) in [5, 5.41) is 3.28. The number of hydrogen-bond donors (Lipinski definition) is 1. The van der Waals surface area contributed by atoms with Gasteiger partial charge in [0.25, 0.3) is 0 Å². The molecular weight excluding hydrogens is 162 g/mol.